The van der Waals surface area contributed by atoms with Crippen molar-refractivity contribution in [2.45, 2.75) is 32.9 Å². The maximum Gasteiger partial charge on any atom is 0.339 e. The Morgan fingerprint density at radius 1 is 1.00 bits per heavy atom. The van der Waals surface area contributed by atoms with Crippen LogP contribution in [0.1, 0.15) is 54.1 Å². The number of rotatable bonds is 8. The summed E-state index contributed by atoms with van der Waals surface area (Å²) in [5.74, 6) is -0.277. The molecule has 0 saturated carbocycles. The highest BCUT2D eigenvalue weighted by Gasteiger charge is 2.35. The zero-order chi connectivity index (χ0) is 32.4. The molecule has 10 heteroatoms. The summed E-state index contributed by atoms with van der Waals surface area (Å²) < 4.78 is 18.9. The third-order valence-corrected chi connectivity index (χ3v) is 8.42. The van der Waals surface area contributed by atoms with E-state index in [1.807, 2.05) is 60.7 Å². The van der Waals surface area contributed by atoms with Crippen molar-refractivity contribution < 1.29 is 23.5 Å². The summed E-state index contributed by atoms with van der Waals surface area (Å²) in [4.78, 5) is 45.8. The van der Waals surface area contributed by atoms with E-state index in [4.69, 9.17) is 30.5 Å². The Morgan fingerprint density at radius 3 is 2.41 bits per heavy atom. The maximum absolute atomic E-state index is 14.1. The van der Waals surface area contributed by atoms with Gasteiger partial charge in [-0.2, -0.15) is 0 Å². The van der Waals surface area contributed by atoms with E-state index >= 15 is 0 Å². The van der Waals surface area contributed by atoms with Crippen LogP contribution in [0.25, 0.3) is 23.1 Å². The molecular weight excluding hydrogens is 624 g/mol. The van der Waals surface area contributed by atoms with Crippen LogP contribution in [-0.2, 0) is 14.3 Å². The number of nitrogens with zero attached hydrogens (tertiary/aromatic N) is 2. The second kappa shape index (κ2) is 13.2. The minimum absolute atomic E-state index is 0.167. The Balaban J connectivity index is 1.51. The first-order chi connectivity index (χ1) is 22.2. The molecule has 0 unspecified atom stereocenters. The Labute approximate surface area is 273 Å². The summed E-state index contributed by atoms with van der Waals surface area (Å²) in [6.45, 7) is 5.45. The average molecular weight is 653 g/mol. The molecule has 0 fully saturated rings. The molecule has 1 aliphatic rings. The van der Waals surface area contributed by atoms with Crippen LogP contribution in [0, 0.1) is 0 Å². The predicted octanol–water partition coefficient (Wildman–Crippen LogP) is 6.41. The number of carbonyl (C=O) groups is 2. The van der Waals surface area contributed by atoms with Crippen molar-refractivity contribution in [1.82, 2.24) is 4.57 Å². The molecule has 0 radical (unpaired) electrons. The minimum Gasteiger partial charge on any atom is -0.463 e. The van der Waals surface area contributed by atoms with Gasteiger partial charge in [-0.1, -0.05) is 83.6 Å². The third-order valence-electron chi connectivity index (χ3n) is 7.20. The molecule has 46 heavy (non-hydrogen) atoms. The lowest BCUT2D eigenvalue weighted by atomic mass is 9.93. The summed E-state index contributed by atoms with van der Waals surface area (Å²) in [5, 5.41) is 0.426. The van der Waals surface area contributed by atoms with Crippen molar-refractivity contribution in [2.75, 3.05) is 6.61 Å². The van der Waals surface area contributed by atoms with Crippen molar-refractivity contribution >= 4 is 46.6 Å². The lowest BCUT2D eigenvalue weighted by molar-refractivity contribution is -0.138. The summed E-state index contributed by atoms with van der Waals surface area (Å²) in [7, 11) is 0. The number of esters is 2. The molecule has 0 amide bonds. The molecule has 0 spiro atoms. The van der Waals surface area contributed by atoms with Gasteiger partial charge < -0.3 is 13.9 Å². The van der Waals surface area contributed by atoms with Crippen LogP contribution < -0.4 is 14.9 Å². The molecule has 0 N–H and O–H groups in total. The van der Waals surface area contributed by atoms with Gasteiger partial charge in [0.25, 0.3) is 5.56 Å². The van der Waals surface area contributed by atoms with Crippen LogP contribution in [0.15, 0.2) is 111 Å². The van der Waals surface area contributed by atoms with E-state index in [9.17, 15) is 14.4 Å². The number of thiazole rings is 1. The van der Waals surface area contributed by atoms with Crippen LogP contribution in [0.5, 0.6) is 0 Å². The number of hydrogen-bond donors (Lipinski definition) is 0. The fourth-order valence-electron chi connectivity index (χ4n) is 5.27. The lowest BCUT2D eigenvalue weighted by Gasteiger charge is -2.25. The van der Waals surface area contributed by atoms with Gasteiger partial charge in [-0.3, -0.25) is 9.36 Å². The Bertz CT molecular complexity index is 2150. The van der Waals surface area contributed by atoms with Gasteiger partial charge >= 0.3 is 11.9 Å². The summed E-state index contributed by atoms with van der Waals surface area (Å²) >= 11 is 7.47. The molecule has 3 aromatic carbocycles. The van der Waals surface area contributed by atoms with Gasteiger partial charge in [-0.05, 0) is 56.7 Å². The number of carbonyl (C=O) groups excluding carboxylic acids is 2. The van der Waals surface area contributed by atoms with Crippen molar-refractivity contribution in [3.05, 3.63) is 144 Å². The summed E-state index contributed by atoms with van der Waals surface area (Å²) in [6.07, 6.45) is 1.32. The van der Waals surface area contributed by atoms with E-state index in [1.165, 1.54) is 15.9 Å². The quantitative estimate of drug-likeness (QED) is 0.180. The van der Waals surface area contributed by atoms with Gasteiger partial charge in [0.15, 0.2) is 4.80 Å². The summed E-state index contributed by atoms with van der Waals surface area (Å²) in [5.41, 5.74) is 2.63. The van der Waals surface area contributed by atoms with Gasteiger partial charge in [0.2, 0.25) is 0 Å². The van der Waals surface area contributed by atoms with E-state index in [2.05, 4.69) is 0 Å². The van der Waals surface area contributed by atoms with Crippen LogP contribution >= 0.6 is 22.9 Å². The molecule has 3 heterocycles. The SMILES string of the molecule is CCOC(=O)C1=C(c2ccccc2)N=c2s/c(=C/c3ccc(-c4cc(Cl)ccc4C(=O)OC(C)C)o3)c(=O)n2[C@@H]1c1ccccc1. The highest BCUT2D eigenvalue weighted by Crippen LogP contribution is 2.35. The van der Waals surface area contributed by atoms with Crippen LogP contribution in [-0.4, -0.2) is 29.2 Å². The topological polar surface area (TPSA) is 100 Å². The van der Waals surface area contributed by atoms with Crippen LogP contribution in [0.2, 0.25) is 5.02 Å². The average Bonchev–Trinajstić information content (AvgIpc) is 3.64. The standard InChI is InChI=1S/C36H29ClN2O6S/c1-4-43-35(42)30-31(22-11-7-5-8-12-22)38-36-39(32(30)23-13-9-6-10-14-23)33(40)29(46-36)20-25-16-18-28(45-25)27-19-24(37)15-17-26(27)34(41)44-21(2)3/h5-21,32H,4H2,1-3H3/b29-20+/t32-/m1/s1. The van der Waals surface area contributed by atoms with Crippen molar-refractivity contribution in [3.8, 4) is 11.3 Å². The number of furan rings is 1. The monoisotopic (exact) mass is 652 g/mol. The first-order valence-corrected chi connectivity index (χ1v) is 15.9. The zero-order valence-corrected chi connectivity index (χ0v) is 26.8. The van der Waals surface area contributed by atoms with Gasteiger partial charge in [-0.15, -0.1) is 0 Å². The number of hydrogen-bond acceptors (Lipinski definition) is 8. The van der Waals surface area contributed by atoms with Gasteiger partial charge in [0.1, 0.15) is 11.5 Å². The molecule has 8 nitrogen and oxygen atoms in total. The van der Waals surface area contributed by atoms with Crippen LogP contribution in [0.3, 0.4) is 0 Å². The number of benzene rings is 3. The molecule has 1 atom stereocenters. The van der Waals surface area contributed by atoms with E-state index < -0.39 is 18.0 Å². The Morgan fingerprint density at radius 2 is 1.72 bits per heavy atom. The molecule has 1 aliphatic heterocycles. The molecule has 0 bridgehead atoms. The lowest BCUT2D eigenvalue weighted by Crippen LogP contribution is -2.39. The van der Waals surface area contributed by atoms with Crippen molar-refractivity contribution in [3.63, 3.8) is 0 Å². The zero-order valence-electron chi connectivity index (χ0n) is 25.2. The number of halogens is 1. The van der Waals surface area contributed by atoms with Crippen molar-refractivity contribution in [2.24, 2.45) is 4.99 Å². The number of aromatic nitrogens is 1. The van der Waals surface area contributed by atoms with E-state index in [0.717, 1.165) is 11.1 Å². The number of ether oxygens (including phenoxy) is 2. The molecular formula is C36H29ClN2O6S. The van der Waals surface area contributed by atoms with Gasteiger partial charge in [0, 0.05) is 22.2 Å². The first kappa shape index (κ1) is 31.0. The van der Waals surface area contributed by atoms with E-state index in [0.29, 0.717) is 42.7 Å². The molecule has 6 rings (SSSR count). The maximum atomic E-state index is 14.1. The molecule has 0 saturated heterocycles. The van der Waals surface area contributed by atoms with E-state index in [1.54, 1.807) is 57.2 Å². The van der Waals surface area contributed by atoms with Crippen molar-refractivity contribution in [1.29, 1.82) is 0 Å². The van der Waals surface area contributed by atoms with Crippen LogP contribution in [0.4, 0.5) is 0 Å². The number of fused-ring (bicyclic) bond motifs is 1. The fourth-order valence-corrected chi connectivity index (χ4v) is 6.42. The highest BCUT2D eigenvalue weighted by molar-refractivity contribution is 7.07. The van der Waals surface area contributed by atoms with E-state index in [-0.39, 0.29) is 23.8 Å². The summed E-state index contributed by atoms with van der Waals surface area (Å²) in [6, 6.07) is 26.2. The largest absolute Gasteiger partial charge is 0.463 e. The normalized spacial score (nSPS) is 14.6. The first-order valence-electron chi connectivity index (χ1n) is 14.7. The fraction of sp³-hybridized carbons (Fsp3) is 0.167. The van der Waals surface area contributed by atoms with Gasteiger partial charge in [-0.25, -0.2) is 14.6 Å². The third kappa shape index (κ3) is 6.11. The predicted molar refractivity (Wildman–Crippen MR) is 177 cm³/mol. The highest BCUT2D eigenvalue weighted by atomic mass is 35.5. The van der Waals surface area contributed by atoms with Gasteiger partial charge in [0.05, 0.1) is 40.1 Å². The molecule has 5 aromatic rings. The molecule has 2 aromatic heterocycles. The second-order valence-corrected chi connectivity index (χ2v) is 12.1. The second-order valence-electron chi connectivity index (χ2n) is 10.7. The molecule has 0 aliphatic carbocycles. The Kier molecular flexibility index (Phi) is 8.87. The smallest absolute Gasteiger partial charge is 0.339 e. The Hall–Kier alpha value is -4.99. The molecule has 232 valence electrons. The minimum atomic E-state index is -0.776.